The quantitative estimate of drug-likeness (QED) is 0.571. The van der Waals surface area contributed by atoms with E-state index >= 15 is 0 Å². The Bertz CT molecular complexity index is 1150. The van der Waals surface area contributed by atoms with Crippen molar-refractivity contribution in [1.82, 2.24) is 19.2 Å². The first kappa shape index (κ1) is 16.3. The molecule has 26 heavy (non-hydrogen) atoms. The van der Waals surface area contributed by atoms with Crippen LogP contribution >= 0.6 is 0 Å². The van der Waals surface area contributed by atoms with Gasteiger partial charge in [0, 0.05) is 17.8 Å². The first-order chi connectivity index (χ1) is 12.5. The minimum absolute atomic E-state index is 0.118. The van der Waals surface area contributed by atoms with E-state index in [1.807, 2.05) is 26.0 Å². The van der Waals surface area contributed by atoms with E-state index in [1.54, 1.807) is 12.1 Å². The number of pyridine rings is 1. The van der Waals surface area contributed by atoms with Gasteiger partial charge in [-0.05, 0) is 38.5 Å². The fraction of sp³-hybridized carbons (Fsp3) is 0.190. The van der Waals surface area contributed by atoms with Crippen LogP contribution in [0, 0.1) is 20.8 Å². The molecule has 4 aromatic rings. The van der Waals surface area contributed by atoms with Crippen LogP contribution in [0.2, 0.25) is 0 Å². The lowest BCUT2D eigenvalue weighted by Crippen LogP contribution is -2.23. The maximum absolute atomic E-state index is 12.3. The molecule has 3 heterocycles. The molecule has 0 saturated carbocycles. The first-order valence-corrected chi connectivity index (χ1v) is 8.61. The highest BCUT2D eigenvalue weighted by Gasteiger charge is 2.15. The van der Waals surface area contributed by atoms with E-state index in [2.05, 4.69) is 46.9 Å². The Hall–Kier alpha value is -3.21. The zero-order valence-electron chi connectivity index (χ0n) is 15.1. The van der Waals surface area contributed by atoms with Crippen molar-refractivity contribution >= 4 is 5.65 Å². The van der Waals surface area contributed by atoms with Crippen LogP contribution in [-0.4, -0.2) is 19.2 Å². The number of fused-ring (bicyclic) bond motifs is 1. The Labute approximate surface area is 151 Å². The van der Waals surface area contributed by atoms with E-state index in [4.69, 9.17) is 4.98 Å². The minimum Gasteiger partial charge on any atom is -0.301 e. The summed E-state index contributed by atoms with van der Waals surface area (Å²) in [6.07, 6.45) is 2.05. The van der Waals surface area contributed by atoms with Crippen LogP contribution in [0.5, 0.6) is 0 Å². The van der Waals surface area contributed by atoms with E-state index < -0.39 is 0 Å². The average molecular weight is 344 g/mol. The molecule has 0 radical (unpaired) electrons. The molecular formula is C21H20N4O. The van der Waals surface area contributed by atoms with Gasteiger partial charge >= 0.3 is 0 Å². The molecule has 0 bridgehead atoms. The maximum atomic E-state index is 12.3. The largest absolute Gasteiger partial charge is 0.301 e. The van der Waals surface area contributed by atoms with E-state index in [0.717, 1.165) is 33.9 Å². The molecule has 130 valence electrons. The van der Waals surface area contributed by atoms with Crippen molar-refractivity contribution < 1.29 is 0 Å². The van der Waals surface area contributed by atoms with Crippen LogP contribution in [0.4, 0.5) is 0 Å². The molecule has 0 N–H and O–H groups in total. The van der Waals surface area contributed by atoms with Crippen LogP contribution in [0.3, 0.4) is 0 Å². The predicted octanol–water partition coefficient (Wildman–Crippen LogP) is 3.53. The average Bonchev–Trinajstić information content (AvgIpc) is 2.97. The van der Waals surface area contributed by atoms with E-state index in [0.29, 0.717) is 6.54 Å². The number of benzene rings is 1. The minimum atomic E-state index is -0.118. The fourth-order valence-corrected chi connectivity index (χ4v) is 3.10. The van der Waals surface area contributed by atoms with Gasteiger partial charge in [-0.2, -0.15) is 5.10 Å². The predicted molar refractivity (Wildman–Crippen MR) is 102 cm³/mol. The lowest BCUT2D eigenvalue weighted by atomic mass is 10.1. The standard InChI is InChI=1S/C21H20N4O/c1-14-4-8-17(9-5-14)21-18(13-25-20(26)11-7-16(3)23-25)24-12-15(2)6-10-19(24)22-21/h4-12H,13H2,1-3H3. The maximum Gasteiger partial charge on any atom is 0.267 e. The van der Waals surface area contributed by atoms with Crippen LogP contribution in [0.1, 0.15) is 22.5 Å². The zero-order chi connectivity index (χ0) is 18.3. The van der Waals surface area contributed by atoms with Gasteiger partial charge in [-0.25, -0.2) is 9.67 Å². The van der Waals surface area contributed by atoms with Gasteiger partial charge in [0.25, 0.3) is 5.56 Å². The number of aromatic nitrogens is 4. The molecule has 0 aliphatic carbocycles. The monoisotopic (exact) mass is 344 g/mol. The van der Waals surface area contributed by atoms with Gasteiger partial charge in [-0.3, -0.25) is 4.79 Å². The molecule has 0 unspecified atom stereocenters. The van der Waals surface area contributed by atoms with Crippen LogP contribution < -0.4 is 5.56 Å². The topological polar surface area (TPSA) is 52.2 Å². The Morgan fingerprint density at radius 1 is 0.885 bits per heavy atom. The van der Waals surface area contributed by atoms with Crippen LogP contribution in [-0.2, 0) is 6.54 Å². The highest BCUT2D eigenvalue weighted by atomic mass is 16.1. The third-order valence-electron chi connectivity index (χ3n) is 4.49. The van der Waals surface area contributed by atoms with Crippen molar-refractivity contribution in [3.05, 3.63) is 87.6 Å². The molecule has 5 nitrogen and oxygen atoms in total. The Morgan fingerprint density at radius 2 is 1.62 bits per heavy atom. The molecular weight excluding hydrogens is 324 g/mol. The number of hydrogen-bond donors (Lipinski definition) is 0. The number of hydrogen-bond acceptors (Lipinski definition) is 3. The van der Waals surface area contributed by atoms with Crippen molar-refractivity contribution in [3.8, 4) is 11.3 Å². The summed E-state index contributed by atoms with van der Waals surface area (Å²) in [5, 5.41) is 4.39. The summed E-state index contributed by atoms with van der Waals surface area (Å²) < 4.78 is 3.56. The van der Waals surface area contributed by atoms with E-state index in [-0.39, 0.29) is 5.56 Å². The van der Waals surface area contributed by atoms with Gasteiger partial charge in [-0.1, -0.05) is 35.9 Å². The fourth-order valence-electron chi connectivity index (χ4n) is 3.10. The smallest absolute Gasteiger partial charge is 0.267 e. The lowest BCUT2D eigenvalue weighted by molar-refractivity contribution is 0.616. The SMILES string of the molecule is Cc1ccc(-c2nc3ccc(C)cn3c2Cn2nc(C)ccc2=O)cc1. The van der Waals surface area contributed by atoms with Crippen molar-refractivity contribution in [2.24, 2.45) is 0 Å². The summed E-state index contributed by atoms with van der Waals surface area (Å²) >= 11 is 0. The first-order valence-electron chi connectivity index (χ1n) is 8.61. The second-order valence-electron chi connectivity index (χ2n) is 6.68. The number of aryl methyl sites for hydroxylation is 3. The van der Waals surface area contributed by atoms with Crippen LogP contribution in [0.25, 0.3) is 16.9 Å². The summed E-state index contributed by atoms with van der Waals surface area (Å²) in [7, 11) is 0. The molecule has 1 aromatic carbocycles. The highest BCUT2D eigenvalue weighted by Crippen LogP contribution is 2.25. The normalized spacial score (nSPS) is 11.2. The summed E-state index contributed by atoms with van der Waals surface area (Å²) in [5.74, 6) is 0. The van der Waals surface area contributed by atoms with Crippen molar-refractivity contribution in [2.75, 3.05) is 0 Å². The van der Waals surface area contributed by atoms with E-state index in [1.165, 1.54) is 10.2 Å². The molecule has 0 aliphatic rings. The summed E-state index contributed by atoms with van der Waals surface area (Å²) in [4.78, 5) is 17.1. The van der Waals surface area contributed by atoms with Crippen molar-refractivity contribution in [1.29, 1.82) is 0 Å². The van der Waals surface area contributed by atoms with Gasteiger partial charge < -0.3 is 4.40 Å². The van der Waals surface area contributed by atoms with Gasteiger partial charge in [0.05, 0.1) is 23.6 Å². The molecule has 0 fully saturated rings. The second-order valence-corrected chi connectivity index (χ2v) is 6.68. The summed E-state index contributed by atoms with van der Waals surface area (Å²) in [6, 6.07) is 15.6. The molecule has 3 aromatic heterocycles. The van der Waals surface area contributed by atoms with Gasteiger partial charge in [0.2, 0.25) is 0 Å². The Morgan fingerprint density at radius 3 is 2.38 bits per heavy atom. The molecule has 0 saturated heterocycles. The number of rotatable bonds is 3. The highest BCUT2D eigenvalue weighted by molar-refractivity contribution is 5.67. The third-order valence-corrected chi connectivity index (χ3v) is 4.49. The zero-order valence-corrected chi connectivity index (χ0v) is 15.1. The molecule has 5 heteroatoms. The molecule has 0 amide bonds. The molecule has 0 aliphatic heterocycles. The number of imidazole rings is 1. The van der Waals surface area contributed by atoms with Gasteiger partial charge in [0.1, 0.15) is 5.65 Å². The molecule has 0 atom stereocenters. The second kappa shape index (κ2) is 6.26. The van der Waals surface area contributed by atoms with Gasteiger partial charge in [-0.15, -0.1) is 0 Å². The van der Waals surface area contributed by atoms with Crippen LogP contribution in [0.15, 0.2) is 59.5 Å². The van der Waals surface area contributed by atoms with Crippen molar-refractivity contribution in [2.45, 2.75) is 27.3 Å². The lowest BCUT2D eigenvalue weighted by Gasteiger charge is -2.09. The summed E-state index contributed by atoms with van der Waals surface area (Å²) in [5.41, 5.74) is 6.76. The van der Waals surface area contributed by atoms with Gasteiger partial charge in [0.15, 0.2) is 0 Å². The van der Waals surface area contributed by atoms with Crippen molar-refractivity contribution in [3.63, 3.8) is 0 Å². The summed E-state index contributed by atoms with van der Waals surface area (Å²) in [6.45, 7) is 6.36. The third kappa shape index (κ3) is 2.92. The Balaban J connectivity index is 1.94. The van der Waals surface area contributed by atoms with E-state index in [9.17, 15) is 4.79 Å². The molecule has 0 spiro atoms. The molecule has 4 rings (SSSR count). The number of nitrogens with zero attached hydrogens (tertiary/aromatic N) is 4. The Kier molecular flexibility index (Phi) is 3.92.